The Labute approximate surface area is 162 Å². The van der Waals surface area contributed by atoms with Gasteiger partial charge in [-0.3, -0.25) is 9.48 Å². The van der Waals surface area contributed by atoms with Gasteiger partial charge in [0.15, 0.2) is 6.61 Å². The van der Waals surface area contributed by atoms with Crippen LogP contribution in [0, 0.1) is 12.7 Å². The number of nitrogens with zero attached hydrogens (tertiary/aromatic N) is 2. The molecule has 0 fully saturated rings. The average Bonchev–Trinajstić information content (AvgIpc) is 3.02. The lowest BCUT2D eigenvalue weighted by molar-refractivity contribution is -0.118. The Morgan fingerprint density at radius 1 is 1.21 bits per heavy atom. The van der Waals surface area contributed by atoms with Crippen LogP contribution in [-0.4, -0.2) is 28.8 Å². The molecule has 6 nitrogen and oxygen atoms in total. The smallest absolute Gasteiger partial charge is 0.262 e. The maximum atomic E-state index is 13.5. The third kappa shape index (κ3) is 3.36. The lowest BCUT2D eigenvalue weighted by atomic mass is 9.98. The van der Waals surface area contributed by atoms with Crippen molar-refractivity contribution in [1.29, 1.82) is 0 Å². The third-order valence-corrected chi connectivity index (χ3v) is 4.72. The highest BCUT2D eigenvalue weighted by Gasteiger charge is 2.22. The number of amides is 1. The SMILES string of the molecule is Cc1nn(CCCN)c(-c2ccc(F)cc2)c1-c1ccc2c(c1)NC(=O)CO2. The molecular weight excluding hydrogens is 359 g/mol. The maximum absolute atomic E-state index is 13.5. The first-order valence-electron chi connectivity index (χ1n) is 9.17. The van der Waals surface area contributed by atoms with Crippen molar-refractivity contribution in [2.75, 3.05) is 18.5 Å². The molecule has 3 aromatic rings. The number of benzene rings is 2. The number of hydrogen-bond acceptors (Lipinski definition) is 4. The number of aryl methyl sites for hydroxylation is 2. The summed E-state index contributed by atoms with van der Waals surface area (Å²) >= 11 is 0. The van der Waals surface area contributed by atoms with Gasteiger partial charge in [0.05, 0.1) is 17.1 Å². The summed E-state index contributed by atoms with van der Waals surface area (Å²) in [5, 5.41) is 7.54. The number of ether oxygens (including phenoxy) is 1. The van der Waals surface area contributed by atoms with Crippen molar-refractivity contribution < 1.29 is 13.9 Å². The average molecular weight is 380 g/mol. The molecule has 144 valence electrons. The van der Waals surface area contributed by atoms with Gasteiger partial charge in [-0.05, 0) is 61.9 Å². The number of fused-ring (bicyclic) bond motifs is 1. The quantitative estimate of drug-likeness (QED) is 0.711. The number of hydrogen-bond donors (Lipinski definition) is 2. The van der Waals surface area contributed by atoms with Crippen molar-refractivity contribution in [2.45, 2.75) is 19.9 Å². The minimum atomic E-state index is -0.288. The van der Waals surface area contributed by atoms with Crippen molar-refractivity contribution >= 4 is 11.6 Å². The summed E-state index contributed by atoms with van der Waals surface area (Å²) in [7, 11) is 0. The molecule has 0 unspecified atom stereocenters. The van der Waals surface area contributed by atoms with Crippen LogP contribution in [0.5, 0.6) is 5.75 Å². The predicted molar refractivity (Wildman–Crippen MR) is 106 cm³/mol. The zero-order chi connectivity index (χ0) is 19.7. The van der Waals surface area contributed by atoms with Crippen molar-refractivity contribution in [1.82, 2.24) is 9.78 Å². The van der Waals surface area contributed by atoms with Crippen LogP contribution in [0.3, 0.4) is 0 Å². The summed E-state index contributed by atoms with van der Waals surface area (Å²) in [6.45, 7) is 3.17. The van der Waals surface area contributed by atoms with Crippen molar-refractivity contribution in [3.63, 3.8) is 0 Å². The highest BCUT2D eigenvalue weighted by Crippen LogP contribution is 2.39. The molecule has 0 bridgehead atoms. The Morgan fingerprint density at radius 2 is 1.96 bits per heavy atom. The van der Waals surface area contributed by atoms with Crippen LogP contribution >= 0.6 is 0 Å². The Bertz CT molecular complexity index is 1030. The van der Waals surface area contributed by atoms with Gasteiger partial charge in [-0.25, -0.2) is 4.39 Å². The van der Waals surface area contributed by atoms with Gasteiger partial charge >= 0.3 is 0 Å². The van der Waals surface area contributed by atoms with E-state index in [1.807, 2.05) is 29.8 Å². The highest BCUT2D eigenvalue weighted by molar-refractivity contribution is 5.97. The van der Waals surface area contributed by atoms with E-state index in [0.717, 1.165) is 34.5 Å². The molecule has 0 atom stereocenters. The largest absolute Gasteiger partial charge is 0.482 e. The van der Waals surface area contributed by atoms with E-state index >= 15 is 0 Å². The Kier molecular flexibility index (Phi) is 4.83. The summed E-state index contributed by atoms with van der Waals surface area (Å²) in [5.41, 5.74) is 10.8. The number of carbonyl (C=O) groups excluding carboxylic acids is 1. The van der Waals surface area contributed by atoms with Crippen LogP contribution in [-0.2, 0) is 11.3 Å². The normalized spacial score (nSPS) is 13.0. The zero-order valence-corrected chi connectivity index (χ0v) is 15.5. The first kappa shape index (κ1) is 18.2. The van der Waals surface area contributed by atoms with Gasteiger partial charge in [-0.15, -0.1) is 0 Å². The Balaban J connectivity index is 1.86. The number of nitrogens with two attached hydrogens (primary N) is 1. The van der Waals surface area contributed by atoms with Crippen molar-refractivity contribution in [3.05, 3.63) is 54.0 Å². The molecule has 1 aliphatic rings. The number of carbonyl (C=O) groups is 1. The molecule has 0 saturated carbocycles. The molecule has 1 amide bonds. The standard InChI is InChI=1S/C21H21FN4O2/c1-13-20(15-5-8-18-17(11-15)24-19(27)12-28-18)21(26(25-13)10-2-9-23)14-3-6-16(22)7-4-14/h3-8,11H,2,9-10,12,23H2,1H3,(H,24,27). The Hall–Kier alpha value is -3.19. The zero-order valence-electron chi connectivity index (χ0n) is 15.5. The number of anilines is 1. The first-order valence-corrected chi connectivity index (χ1v) is 9.17. The third-order valence-electron chi connectivity index (χ3n) is 4.72. The fraction of sp³-hybridized carbons (Fsp3) is 0.238. The fourth-order valence-electron chi connectivity index (χ4n) is 3.47. The Morgan fingerprint density at radius 3 is 2.71 bits per heavy atom. The second-order valence-electron chi connectivity index (χ2n) is 6.73. The second-order valence-corrected chi connectivity index (χ2v) is 6.73. The van der Waals surface area contributed by atoms with Gasteiger partial charge in [0.25, 0.3) is 5.91 Å². The van der Waals surface area contributed by atoms with Crippen molar-refractivity contribution in [3.8, 4) is 28.1 Å². The molecule has 4 rings (SSSR count). The van der Waals surface area contributed by atoms with Crippen LogP contribution in [0.15, 0.2) is 42.5 Å². The molecule has 28 heavy (non-hydrogen) atoms. The molecule has 0 aliphatic carbocycles. The van der Waals surface area contributed by atoms with E-state index in [1.165, 1.54) is 12.1 Å². The molecule has 0 spiro atoms. The van der Waals surface area contributed by atoms with Gasteiger partial charge in [-0.2, -0.15) is 5.10 Å². The minimum absolute atomic E-state index is 0.0171. The van der Waals surface area contributed by atoms with Gasteiger partial charge < -0.3 is 15.8 Å². The van der Waals surface area contributed by atoms with Crippen LogP contribution in [0.2, 0.25) is 0 Å². The lowest BCUT2D eigenvalue weighted by Crippen LogP contribution is -2.25. The van der Waals surface area contributed by atoms with E-state index in [0.29, 0.717) is 24.5 Å². The first-order chi connectivity index (χ1) is 13.6. The van der Waals surface area contributed by atoms with Crippen molar-refractivity contribution in [2.24, 2.45) is 5.73 Å². The molecular formula is C21H21FN4O2. The molecule has 7 heteroatoms. The molecule has 3 N–H and O–H groups in total. The van der Waals surface area contributed by atoms with Gasteiger partial charge in [-0.1, -0.05) is 6.07 Å². The van der Waals surface area contributed by atoms with Crippen LogP contribution in [0.4, 0.5) is 10.1 Å². The highest BCUT2D eigenvalue weighted by atomic mass is 19.1. The predicted octanol–water partition coefficient (Wildman–Crippen LogP) is 3.34. The number of aromatic nitrogens is 2. The molecule has 2 aromatic carbocycles. The second kappa shape index (κ2) is 7.44. The van der Waals surface area contributed by atoms with Crippen LogP contribution in [0.25, 0.3) is 22.4 Å². The minimum Gasteiger partial charge on any atom is -0.482 e. The molecule has 1 aromatic heterocycles. The topological polar surface area (TPSA) is 82.2 Å². The molecule has 1 aliphatic heterocycles. The fourth-order valence-corrected chi connectivity index (χ4v) is 3.47. The monoisotopic (exact) mass is 380 g/mol. The number of halogens is 1. The van der Waals surface area contributed by atoms with Gasteiger partial charge in [0.1, 0.15) is 11.6 Å². The molecule has 0 radical (unpaired) electrons. The number of nitrogens with one attached hydrogen (secondary N) is 1. The van der Waals surface area contributed by atoms with E-state index < -0.39 is 0 Å². The maximum Gasteiger partial charge on any atom is 0.262 e. The van der Waals surface area contributed by atoms with Crippen LogP contribution < -0.4 is 15.8 Å². The van der Waals surface area contributed by atoms with Gasteiger partial charge in [0, 0.05) is 17.7 Å². The summed E-state index contributed by atoms with van der Waals surface area (Å²) < 4.78 is 20.8. The van der Waals surface area contributed by atoms with E-state index in [1.54, 1.807) is 12.1 Å². The van der Waals surface area contributed by atoms with E-state index in [-0.39, 0.29) is 18.3 Å². The number of rotatable bonds is 5. The summed E-state index contributed by atoms with van der Waals surface area (Å²) in [5.74, 6) is 0.169. The van der Waals surface area contributed by atoms with E-state index in [9.17, 15) is 9.18 Å². The summed E-state index contributed by atoms with van der Waals surface area (Å²) in [4.78, 5) is 11.7. The molecule has 0 saturated heterocycles. The molecule has 2 heterocycles. The summed E-state index contributed by atoms with van der Waals surface area (Å²) in [6.07, 6.45) is 0.781. The van der Waals surface area contributed by atoms with E-state index in [2.05, 4.69) is 5.32 Å². The van der Waals surface area contributed by atoms with Crippen LogP contribution in [0.1, 0.15) is 12.1 Å². The van der Waals surface area contributed by atoms with Gasteiger partial charge in [0.2, 0.25) is 0 Å². The van der Waals surface area contributed by atoms with E-state index in [4.69, 9.17) is 15.6 Å². The lowest BCUT2D eigenvalue weighted by Gasteiger charge is -2.19. The summed E-state index contributed by atoms with van der Waals surface area (Å²) in [6, 6.07) is 12.0.